The highest BCUT2D eigenvalue weighted by molar-refractivity contribution is 7.17. The van der Waals surface area contributed by atoms with E-state index in [-0.39, 0.29) is 18.4 Å². The minimum Gasteiger partial charge on any atom is -0.324 e. The number of hydrogen-bond acceptors (Lipinski definition) is 2. The molecular formula is C14H18ClNS. The van der Waals surface area contributed by atoms with Crippen LogP contribution in [0.1, 0.15) is 37.3 Å². The Morgan fingerprint density at radius 1 is 1.18 bits per heavy atom. The van der Waals surface area contributed by atoms with Crippen LogP contribution in [0.15, 0.2) is 29.6 Å². The lowest BCUT2D eigenvalue weighted by Gasteiger charge is -2.18. The van der Waals surface area contributed by atoms with E-state index in [9.17, 15) is 0 Å². The summed E-state index contributed by atoms with van der Waals surface area (Å²) in [6.45, 7) is 0. The van der Waals surface area contributed by atoms with Gasteiger partial charge in [-0.05, 0) is 41.2 Å². The van der Waals surface area contributed by atoms with Crippen LogP contribution in [-0.2, 0) is 0 Å². The van der Waals surface area contributed by atoms with E-state index in [1.165, 1.54) is 41.3 Å². The van der Waals surface area contributed by atoms with Gasteiger partial charge in [-0.25, -0.2) is 0 Å². The van der Waals surface area contributed by atoms with Crippen molar-refractivity contribution < 1.29 is 0 Å². The number of thiophene rings is 1. The molecule has 3 rings (SSSR count). The number of benzene rings is 1. The number of fused-ring (bicyclic) bond motifs is 1. The lowest BCUT2D eigenvalue weighted by Crippen LogP contribution is -2.18. The van der Waals surface area contributed by atoms with Crippen molar-refractivity contribution in [1.29, 1.82) is 0 Å². The normalized spacial score (nSPS) is 18.2. The molecule has 0 saturated heterocycles. The van der Waals surface area contributed by atoms with Crippen LogP contribution < -0.4 is 5.73 Å². The van der Waals surface area contributed by atoms with Crippen LogP contribution in [0, 0.1) is 5.92 Å². The minimum atomic E-state index is 0. The molecule has 0 radical (unpaired) electrons. The largest absolute Gasteiger partial charge is 0.324 e. The molecule has 1 aromatic heterocycles. The van der Waals surface area contributed by atoms with Gasteiger partial charge in [0.25, 0.3) is 0 Å². The molecule has 1 aliphatic rings. The molecule has 0 amide bonds. The summed E-state index contributed by atoms with van der Waals surface area (Å²) >= 11 is 1.82. The van der Waals surface area contributed by atoms with E-state index in [0.717, 1.165) is 0 Å². The lowest BCUT2D eigenvalue weighted by molar-refractivity contribution is 0.448. The molecule has 1 saturated carbocycles. The van der Waals surface area contributed by atoms with E-state index >= 15 is 0 Å². The summed E-state index contributed by atoms with van der Waals surface area (Å²) in [5.74, 6) is 0.706. The summed E-state index contributed by atoms with van der Waals surface area (Å²) in [7, 11) is 0. The van der Waals surface area contributed by atoms with E-state index < -0.39 is 0 Å². The molecule has 0 aliphatic heterocycles. The molecule has 3 heteroatoms. The molecular weight excluding hydrogens is 250 g/mol. The zero-order chi connectivity index (χ0) is 11.0. The van der Waals surface area contributed by atoms with Crippen LogP contribution >= 0.6 is 23.7 Å². The van der Waals surface area contributed by atoms with Gasteiger partial charge in [0.2, 0.25) is 0 Å². The Bertz CT molecular complexity index is 488. The van der Waals surface area contributed by atoms with Crippen molar-refractivity contribution in [2.24, 2.45) is 11.7 Å². The van der Waals surface area contributed by atoms with Gasteiger partial charge in [-0.15, -0.1) is 23.7 Å². The minimum absolute atomic E-state index is 0. The van der Waals surface area contributed by atoms with Gasteiger partial charge in [-0.3, -0.25) is 0 Å². The Morgan fingerprint density at radius 3 is 2.65 bits per heavy atom. The third-order valence-electron chi connectivity index (χ3n) is 3.78. The predicted octanol–water partition coefficient (Wildman–Crippen LogP) is 4.51. The fraction of sp³-hybridized carbons (Fsp3) is 0.429. The average molecular weight is 268 g/mol. The van der Waals surface area contributed by atoms with E-state index in [4.69, 9.17) is 5.73 Å². The van der Waals surface area contributed by atoms with E-state index in [0.29, 0.717) is 5.92 Å². The predicted molar refractivity (Wildman–Crippen MR) is 78.0 cm³/mol. The zero-order valence-electron chi connectivity index (χ0n) is 9.76. The van der Waals surface area contributed by atoms with Gasteiger partial charge in [-0.2, -0.15) is 0 Å². The van der Waals surface area contributed by atoms with Crippen LogP contribution in [0.3, 0.4) is 0 Å². The van der Waals surface area contributed by atoms with Crippen molar-refractivity contribution in [1.82, 2.24) is 0 Å². The second-order valence-corrected chi connectivity index (χ2v) is 5.67. The molecule has 1 fully saturated rings. The third kappa shape index (κ3) is 2.35. The first-order valence-corrected chi connectivity index (χ1v) is 6.96. The Kier molecular flexibility index (Phi) is 4.08. The van der Waals surface area contributed by atoms with Crippen molar-refractivity contribution in [3.05, 3.63) is 35.2 Å². The second-order valence-electron chi connectivity index (χ2n) is 4.76. The smallest absolute Gasteiger partial charge is 0.0346 e. The summed E-state index contributed by atoms with van der Waals surface area (Å²) < 4.78 is 1.37. The molecule has 92 valence electrons. The van der Waals surface area contributed by atoms with Crippen LogP contribution in [-0.4, -0.2) is 0 Å². The summed E-state index contributed by atoms with van der Waals surface area (Å²) in [5.41, 5.74) is 7.79. The number of halogens is 1. The highest BCUT2D eigenvalue weighted by Crippen LogP contribution is 2.38. The maximum atomic E-state index is 6.42. The van der Waals surface area contributed by atoms with Crippen molar-refractivity contribution in [3.8, 4) is 0 Å². The Labute approximate surface area is 112 Å². The first-order chi connectivity index (χ1) is 7.86. The SMILES string of the molecule is Cl.N[C@H](c1csc2ccccc12)C1CCCC1. The average Bonchev–Trinajstić information content (AvgIpc) is 2.98. The highest BCUT2D eigenvalue weighted by Gasteiger charge is 2.24. The fourth-order valence-corrected chi connectivity index (χ4v) is 3.83. The molecule has 0 spiro atoms. The van der Waals surface area contributed by atoms with Crippen molar-refractivity contribution in [2.45, 2.75) is 31.7 Å². The number of hydrogen-bond donors (Lipinski definition) is 1. The fourth-order valence-electron chi connectivity index (χ4n) is 2.83. The molecule has 2 aromatic rings. The van der Waals surface area contributed by atoms with Gasteiger partial charge in [0.15, 0.2) is 0 Å². The quantitative estimate of drug-likeness (QED) is 0.851. The molecule has 1 atom stereocenters. The topological polar surface area (TPSA) is 26.0 Å². The highest BCUT2D eigenvalue weighted by atomic mass is 35.5. The number of rotatable bonds is 2. The maximum absolute atomic E-state index is 6.42. The third-order valence-corrected chi connectivity index (χ3v) is 4.76. The summed E-state index contributed by atoms with van der Waals surface area (Å²) in [6.07, 6.45) is 5.34. The Morgan fingerprint density at radius 2 is 1.88 bits per heavy atom. The molecule has 17 heavy (non-hydrogen) atoms. The summed E-state index contributed by atoms with van der Waals surface area (Å²) in [6, 6.07) is 8.85. The van der Waals surface area contributed by atoms with Gasteiger partial charge in [0.1, 0.15) is 0 Å². The molecule has 1 aromatic carbocycles. The van der Waals surface area contributed by atoms with Crippen molar-refractivity contribution in [3.63, 3.8) is 0 Å². The zero-order valence-corrected chi connectivity index (χ0v) is 11.4. The van der Waals surface area contributed by atoms with Gasteiger partial charge in [0, 0.05) is 10.7 Å². The summed E-state index contributed by atoms with van der Waals surface area (Å²) in [4.78, 5) is 0. The molecule has 2 N–H and O–H groups in total. The summed E-state index contributed by atoms with van der Waals surface area (Å²) in [5, 5.41) is 3.63. The van der Waals surface area contributed by atoms with Crippen LogP contribution in [0.5, 0.6) is 0 Å². The van der Waals surface area contributed by atoms with Crippen LogP contribution in [0.25, 0.3) is 10.1 Å². The van der Waals surface area contributed by atoms with Gasteiger partial charge >= 0.3 is 0 Å². The molecule has 1 heterocycles. The van der Waals surface area contributed by atoms with Crippen molar-refractivity contribution in [2.75, 3.05) is 0 Å². The Balaban J connectivity index is 0.00000108. The maximum Gasteiger partial charge on any atom is 0.0346 e. The molecule has 1 aliphatic carbocycles. The van der Waals surface area contributed by atoms with Crippen LogP contribution in [0.2, 0.25) is 0 Å². The molecule has 0 unspecified atom stereocenters. The van der Waals surface area contributed by atoms with E-state index in [1.54, 1.807) is 0 Å². The first-order valence-electron chi connectivity index (χ1n) is 6.08. The standard InChI is InChI=1S/C14H17NS.ClH/c15-14(10-5-1-2-6-10)12-9-16-13-8-4-3-7-11(12)13;/h3-4,7-10,14H,1-2,5-6,15H2;1H/t14-;/m0./s1. The number of nitrogens with two attached hydrogens (primary N) is 1. The molecule has 1 nitrogen and oxygen atoms in total. The van der Waals surface area contributed by atoms with Gasteiger partial charge < -0.3 is 5.73 Å². The molecule has 0 bridgehead atoms. The van der Waals surface area contributed by atoms with Gasteiger partial charge in [-0.1, -0.05) is 31.0 Å². The van der Waals surface area contributed by atoms with Gasteiger partial charge in [0.05, 0.1) is 0 Å². The lowest BCUT2D eigenvalue weighted by atomic mass is 9.92. The van der Waals surface area contributed by atoms with Crippen LogP contribution in [0.4, 0.5) is 0 Å². The Hall–Kier alpha value is -0.570. The van der Waals surface area contributed by atoms with E-state index in [1.807, 2.05) is 11.3 Å². The first kappa shape index (κ1) is 12.9. The van der Waals surface area contributed by atoms with E-state index in [2.05, 4.69) is 29.6 Å². The monoisotopic (exact) mass is 267 g/mol. The second kappa shape index (κ2) is 5.38. The van der Waals surface area contributed by atoms with Crippen molar-refractivity contribution >= 4 is 33.8 Å².